The Bertz CT molecular complexity index is 473. The number of H-pyrrole nitrogens is 1. The minimum atomic E-state index is -0.126. The van der Waals surface area contributed by atoms with Crippen molar-refractivity contribution in [2.24, 2.45) is 0 Å². The molecule has 2 nitrogen and oxygen atoms in total. The SMILES string of the molecule is Fc1cccc2[nH]c3c(c12)CNC3. The van der Waals surface area contributed by atoms with Crippen LogP contribution in [0.15, 0.2) is 18.2 Å². The molecular weight excluding hydrogens is 167 g/mol. The number of halogens is 1. The molecule has 0 aliphatic carbocycles. The Labute approximate surface area is 74.8 Å². The van der Waals surface area contributed by atoms with Gasteiger partial charge in [-0.2, -0.15) is 0 Å². The Morgan fingerprint density at radius 1 is 1.23 bits per heavy atom. The van der Waals surface area contributed by atoms with E-state index in [1.807, 2.05) is 6.07 Å². The summed E-state index contributed by atoms with van der Waals surface area (Å²) in [6, 6.07) is 5.16. The third-order valence-corrected chi connectivity index (χ3v) is 2.57. The molecule has 2 N–H and O–H groups in total. The summed E-state index contributed by atoms with van der Waals surface area (Å²) in [5, 5.41) is 3.94. The maximum absolute atomic E-state index is 13.4. The molecule has 0 atom stereocenters. The van der Waals surface area contributed by atoms with Gasteiger partial charge in [-0.15, -0.1) is 0 Å². The highest BCUT2D eigenvalue weighted by molar-refractivity contribution is 5.85. The van der Waals surface area contributed by atoms with Gasteiger partial charge in [0.15, 0.2) is 0 Å². The summed E-state index contributed by atoms with van der Waals surface area (Å²) < 4.78 is 13.4. The van der Waals surface area contributed by atoms with Gasteiger partial charge in [-0.1, -0.05) is 6.07 Å². The first-order chi connectivity index (χ1) is 6.36. The van der Waals surface area contributed by atoms with E-state index in [2.05, 4.69) is 10.3 Å². The molecule has 13 heavy (non-hydrogen) atoms. The van der Waals surface area contributed by atoms with Crippen LogP contribution in [0.4, 0.5) is 4.39 Å². The maximum Gasteiger partial charge on any atom is 0.132 e. The van der Waals surface area contributed by atoms with Crippen LogP contribution in [0.2, 0.25) is 0 Å². The quantitative estimate of drug-likeness (QED) is 0.630. The van der Waals surface area contributed by atoms with Crippen molar-refractivity contribution in [1.29, 1.82) is 0 Å². The Hall–Kier alpha value is -1.35. The molecule has 3 heteroatoms. The number of aromatic nitrogens is 1. The number of hydrogen-bond acceptors (Lipinski definition) is 1. The van der Waals surface area contributed by atoms with E-state index in [-0.39, 0.29) is 5.82 Å². The fourth-order valence-electron chi connectivity index (χ4n) is 1.98. The highest BCUT2D eigenvalue weighted by atomic mass is 19.1. The third-order valence-electron chi connectivity index (χ3n) is 2.57. The summed E-state index contributed by atoms with van der Waals surface area (Å²) in [4.78, 5) is 3.21. The average Bonchev–Trinajstić information content (AvgIpc) is 2.62. The van der Waals surface area contributed by atoms with Crippen LogP contribution in [0.1, 0.15) is 11.3 Å². The first-order valence-electron chi connectivity index (χ1n) is 4.35. The summed E-state index contributed by atoms with van der Waals surface area (Å²) in [6.45, 7) is 1.60. The van der Waals surface area contributed by atoms with Crippen LogP contribution in [-0.4, -0.2) is 4.98 Å². The van der Waals surface area contributed by atoms with E-state index in [4.69, 9.17) is 0 Å². The summed E-state index contributed by atoms with van der Waals surface area (Å²) in [7, 11) is 0. The summed E-state index contributed by atoms with van der Waals surface area (Å²) in [5.41, 5.74) is 3.12. The molecule has 0 bridgehead atoms. The summed E-state index contributed by atoms with van der Waals surface area (Å²) in [5.74, 6) is -0.126. The Morgan fingerprint density at radius 2 is 2.15 bits per heavy atom. The van der Waals surface area contributed by atoms with Gasteiger partial charge in [-0.25, -0.2) is 4.39 Å². The van der Waals surface area contributed by atoms with Crippen molar-refractivity contribution in [3.8, 4) is 0 Å². The first-order valence-corrected chi connectivity index (χ1v) is 4.35. The fraction of sp³-hybridized carbons (Fsp3) is 0.200. The van der Waals surface area contributed by atoms with Gasteiger partial charge >= 0.3 is 0 Å². The number of benzene rings is 1. The van der Waals surface area contributed by atoms with E-state index < -0.39 is 0 Å². The van der Waals surface area contributed by atoms with E-state index in [0.717, 1.165) is 35.2 Å². The van der Waals surface area contributed by atoms with Crippen LogP contribution in [-0.2, 0) is 13.1 Å². The lowest BCUT2D eigenvalue weighted by Gasteiger charge is -1.95. The molecule has 66 valence electrons. The minimum Gasteiger partial charge on any atom is -0.357 e. The van der Waals surface area contributed by atoms with Gasteiger partial charge < -0.3 is 10.3 Å². The van der Waals surface area contributed by atoms with Crippen LogP contribution < -0.4 is 5.32 Å². The fourth-order valence-corrected chi connectivity index (χ4v) is 1.98. The average molecular weight is 176 g/mol. The molecule has 1 aromatic heterocycles. The number of hydrogen-bond donors (Lipinski definition) is 2. The topological polar surface area (TPSA) is 27.8 Å². The Morgan fingerprint density at radius 3 is 3.08 bits per heavy atom. The van der Waals surface area contributed by atoms with E-state index in [1.165, 1.54) is 6.07 Å². The predicted molar refractivity (Wildman–Crippen MR) is 48.8 cm³/mol. The summed E-state index contributed by atoms with van der Waals surface area (Å²) >= 11 is 0. The largest absolute Gasteiger partial charge is 0.357 e. The van der Waals surface area contributed by atoms with Crippen molar-refractivity contribution in [3.63, 3.8) is 0 Å². The molecule has 0 fully saturated rings. The molecule has 2 aromatic rings. The normalized spacial score (nSPS) is 15.2. The minimum absolute atomic E-state index is 0.126. The Kier molecular flexibility index (Phi) is 1.27. The maximum atomic E-state index is 13.4. The number of aromatic amines is 1. The molecule has 0 saturated carbocycles. The van der Waals surface area contributed by atoms with Crippen molar-refractivity contribution < 1.29 is 4.39 Å². The molecule has 0 unspecified atom stereocenters. The zero-order valence-electron chi connectivity index (χ0n) is 7.02. The Balaban J connectivity index is 2.46. The monoisotopic (exact) mass is 176 g/mol. The first kappa shape index (κ1) is 7.09. The molecule has 1 aromatic carbocycles. The van der Waals surface area contributed by atoms with Crippen molar-refractivity contribution in [2.75, 3.05) is 0 Å². The lowest BCUT2D eigenvalue weighted by Crippen LogP contribution is -2.02. The molecule has 1 aliphatic rings. The molecule has 0 amide bonds. The van der Waals surface area contributed by atoms with Gasteiger partial charge in [0.25, 0.3) is 0 Å². The van der Waals surface area contributed by atoms with Gasteiger partial charge in [-0.05, 0) is 17.7 Å². The predicted octanol–water partition coefficient (Wildman–Crippen LogP) is 1.91. The standard InChI is InChI=1S/C10H9FN2/c11-7-2-1-3-8-10(7)6-4-12-5-9(6)13-8/h1-3,12-13H,4-5H2. The van der Waals surface area contributed by atoms with Gasteiger partial charge in [-0.3, -0.25) is 0 Å². The van der Waals surface area contributed by atoms with Crippen molar-refractivity contribution in [1.82, 2.24) is 10.3 Å². The molecule has 2 heterocycles. The van der Waals surface area contributed by atoms with Crippen LogP contribution in [0.5, 0.6) is 0 Å². The smallest absolute Gasteiger partial charge is 0.132 e. The number of rotatable bonds is 0. The zero-order chi connectivity index (χ0) is 8.84. The second-order valence-electron chi connectivity index (χ2n) is 3.35. The van der Waals surface area contributed by atoms with Crippen LogP contribution in [0, 0.1) is 5.82 Å². The van der Waals surface area contributed by atoms with E-state index in [9.17, 15) is 4.39 Å². The van der Waals surface area contributed by atoms with Gasteiger partial charge in [0.2, 0.25) is 0 Å². The molecule has 0 radical (unpaired) electrons. The molecule has 1 aliphatic heterocycles. The lowest BCUT2D eigenvalue weighted by atomic mass is 10.1. The highest BCUT2D eigenvalue weighted by Crippen LogP contribution is 2.27. The third kappa shape index (κ3) is 0.848. The van der Waals surface area contributed by atoms with Gasteiger partial charge in [0.1, 0.15) is 5.82 Å². The van der Waals surface area contributed by atoms with Crippen LogP contribution >= 0.6 is 0 Å². The van der Waals surface area contributed by atoms with E-state index in [1.54, 1.807) is 6.07 Å². The zero-order valence-corrected chi connectivity index (χ0v) is 7.02. The number of nitrogens with one attached hydrogen (secondary N) is 2. The second-order valence-corrected chi connectivity index (χ2v) is 3.35. The van der Waals surface area contributed by atoms with Crippen LogP contribution in [0.3, 0.4) is 0 Å². The number of fused-ring (bicyclic) bond motifs is 3. The summed E-state index contributed by atoms with van der Waals surface area (Å²) in [6.07, 6.45) is 0. The lowest BCUT2D eigenvalue weighted by molar-refractivity contribution is 0.638. The van der Waals surface area contributed by atoms with Crippen LogP contribution in [0.25, 0.3) is 10.9 Å². The van der Waals surface area contributed by atoms with Crippen molar-refractivity contribution >= 4 is 10.9 Å². The highest BCUT2D eigenvalue weighted by Gasteiger charge is 2.18. The van der Waals surface area contributed by atoms with Crippen molar-refractivity contribution in [3.05, 3.63) is 35.3 Å². The second kappa shape index (κ2) is 2.33. The van der Waals surface area contributed by atoms with Crippen molar-refractivity contribution in [2.45, 2.75) is 13.1 Å². The molecule has 3 rings (SSSR count). The molecule has 0 saturated heterocycles. The molecule has 0 spiro atoms. The van der Waals surface area contributed by atoms with E-state index in [0.29, 0.717) is 0 Å². The van der Waals surface area contributed by atoms with E-state index >= 15 is 0 Å². The molecular formula is C10H9FN2. The van der Waals surface area contributed by atoms with Gasteiger partial charge in [0, 0.05) is 29.7 Å². The van der Waals surface area contributed by atoms with Gasteiger partial charge in [0.05, 0.1) is 0 Å².